The van der Waals surface area contributed by atoms with Crippen LogP contribution in [-0.4, -0.2) is 58.1 Å². The Hall–Kier alpha value is -1.49. The summed E-state index contributed by atoms with van der Waals surface area (Å²) in [6, 6.07) is 2.71. The molecular weight excluding hydrogens is 276 g/mol. The van der Waals surface area contributed by atoms with Crippen molar-refractivity contribution in [2.75, 3.05) is 20.1 Å². The molecule has 0 bridgehead atoms. The van der Waals surface area contributed by atoms with Crippen molar-refractivity contribution in [1.29, 1.82) is 0 Å². The maximum atomic E-state index is 12.8. The van der Waals surface area contributed by atoms with Crippen molar-refractivity contribution in [1.82, 2.24) is 20.0 Å². The number of likely N-dealkylation sites (tertiary alicyclic amines) is 1. The number of rotatable bonds is 4. The van der Waals surface area contributed by atoms with Gasteiger partial charge in [-0.05, 0) is 50.2 Å². The summed E-state index contributed by atoms with van der Waals surface area (Å²) in [5.74, 6) is 1.07. The minimum atomic E-state index is -0.00236. The maximum Gasteiger partial charge on any atom is 0.274 e. The van der Waals surface area contributed by atoms with Crippen molar-refractivity contribution in [2.45, 2.75) is 51.6 Å². The molecule has 5 heteroatoms. The highest BCUT2D eigenvalue weighted by atomic mass is 16.2. The van der Waals surface area contributed by atoms with Crippen molar-refractivity contribution in [3.8, 4) is 0 Å². The van der Waals surface area contributed by atoms with E-state index in [1.165, 1.54) is 12.8 Å². The number of hydrogen-bond donors (Lipinski definition) is 0. The summed E-state index contributed by atoms with van der Waals surface area (Å²) in [5.41, 5.74) is 1.65. The fourth-order valence-corrected chi connectivity index (χ4v) is 3.37. The number of nitrogens with zero attached hydrogens (tertiary/aromatic N) is 4. The smallest absolute Gasteiger partial charge is 0.274 e. The van der Waals surface area contributed by atoms with Crippen molar-refractivity contribution >= 4 is 5.91 Å². The molecule has 22 heavy (non-hydrogen) atoms. The monoisotopic (exact) mass is 302 g/mol. The molecule has 1 saturated heterocycles. The summed E-state index contributed by atoms with van der Waals surface area (Å²) in [7, 11) is 1.90. The Bertz CT molecular complexity index is 555. The SMILES string of the molecule is CC(C)N1C[C@@H](N(C)C(=O)c2cc(C3CC3)cnn2)[C@@H](C)C1. The molecule has 1 aromatic rings. The van der Waals surface area contributed by atoms with E-state index >= 15 is 0 Å². The lowest BCUT2D eigenvalue weighted by Gasteiger charge is -2.27. The van der Waals surface area contributed by atoms with E-state index in [1.54, 1.807) is 6.20 Å². The van der Waals surface area contributed by atoms with Crippen LogP contribution in [0.25, 0.3) is 0 Å². The Balaban J connectivity index is 1.72. The molecule has 2 fully saturated rings. The lowest BCUT2D eigenvalue weighted by Crippen LogP contribution is -2.42. The summed E-state index contributed by atoms with van der Waals surface area (Å²) < 4.78 is 0. The average molecular weight is 302 g/mol. The zero-order valence-electron chi connectivity index (χ0n) is 14.0. The molecule has 1 aliphatic carbocycles. The van der Waals surface area contributed by atoms with E-state index in [-0.39, 0.29) is 11.9 Å². The second kappa shape index (κ2) is 5.95. The predicted molar refractivity (Wildman–Crippen MR) is 85.8 cm³/mol. The van der Waals surface area contributed by atoms with Crippen molar-refractivity contribution in [3.05, 3.63) is 23.5 Å². The van der Waals surface area contributed by atoms with E-state index in [0.29, 0.717) is 23.6 Å². The summed E-state index contributed by atoms with van der Waals surface area (Å²) in [6.07, 6.45) is 4.21. The molecule has 5 nitrogen and oxygen atoms in total. The maximum absolute atomic E-state index is 12.8. The summed E-state index contributed by atoms with van der Waals surface area (Å²) >= 11 is 0. The Morgan fingerprint density at radius 3 is 2.68 bits per heavy atom. The van der Waals surface area contributed by atoms with Gasteiger partial charge in [0, 0.05) is 32.2 Å². The van der Waals surface area contributed by atoms with E-state index in [1.807, 2.05) is 18.0 Å². The number of carbonyl (C=O) groups is 1. The Morgan fingerprint density at radius 1 is 1.36 bits per heavy atom. The van der Waals surface area contributed by atoms with Crippen LogP contribution in [0, 0.1) is 5.92 Å². The minimum absolute atomic E-state index is 0.00236. The van der Waals surface area contributed by atoms with Crippen LogP contribution in [-0.2, 0) is 0 Å². The first kappa shape index (κ1) is 15.4. The van der Waals surface area contributed by atoms with Gasteiger partial charge in [0.2, 0.25) is 0 Å². The third-order valence-corrected chi connectivity index (χ3v) is 5.09. The lowest BCUT2D eigenvalue weighted by atomic mass is 10.0. The van der Waals surface area contributed by atoms with Crippen LogP contribution < -0.4 is 0 Å². The van der Waals surface area contributed by atoms with Crippen molar-refractivity contribution in [3.63, 3.8) is 0 Å². The highest BCUT2D eigenvalue weighted by Crippen LogP contribution is 2.39. The minimum Gasteiger partial charge on any atom is -0.336 e. The van der Waals surface area contributed by atoms with Crippen LogP contribution in [0.15, 0.2) is 12.3 Å². The fraction of sp³-hybridized carbons (Fsp3) is 0.706. The third kappa shape index (κ3) is 3.00. The highest BCUT2D eigenvalue weighted by molar-refractivity contribution is 5.92. The molecule has 0 spiro atoms. The molecule has 1 amide bonds. The van der Waals surface area contributed by atoms with Crippen LogP contribution in [0.2, 0.25) is 0 Å². The van der Waals surface area contributed by atoms with Gasteiger partial charge in [0.15, 0.2) is 5.69 Å². The molecule has 0 radical (unpaired) electrons. The van der Waals surface area contributed by atoms with Gasteiger partial charge in [-0.15, -0.1) is 5.10 Å². The third-order valence-electron chi connectivity index (χ3n) is 5.09. The number of carbonyl (C=O) groups excluding carboxylic acids is 1. The van der Waals surface area contributed by atoms with E-state index in [4.69, 9.17) is 0 Å². The van der Waals surface area contributed by atoms with E-state index in [0.717, 1.165) is 18.7 Å². The van der Waals surface area contributed by atoms with Crippen LogP contribution in [0.1, 0.15) is 55.6 Å². The van der Waals surface area contributed by atoms with Crippen molar-refractivity contribution in [2.24, 2.45) is 5.92 Å². The van der Waals surface area contributed by atoms with Crippen LogP contribution in [0.3, 0.4) is 0 Å². The Kier molecular flexibility index (Phi) is 4.17. The molecule has 0 N–H and O–H groups in total. The van der Waals surface area contributed by atoms with Gasteiger partial charge in [0.05, 0.1) is 6.20 Å². The lowest BCUT2D eigenvalue weighted by molar-refractivity contribution is 0.0701. The van der Waals surface area contributed by atoms with Gasteiger partial charge in [-0.25, -0.2) is 0 Å². The van der Waals surface area contributed by atoms with Gasteiger partial charge >= 0.3 is 0 Å². The van der Waals surface area contributed by atoms with Crippen molar-refractivity contribution < 1.29 is 4.79 Å². The molecule has 1 saturated carbocycles. The predicted octanol–water partition coefficient (Wildman–Crippen LogP) is 2.15. The number of amides is 1. The Labute approximate surface area is 132 Å². The largest absolute Gasteiger partial charge is 0.336 e. The summed E-state index contributed by atoms with van der Waals surface area (Å²) in [6.45, 7) is 8.64. The van der Waals surface area contributed by atoms with Crippen LogP contribution >= 0.6 is 0 Å². The van der Waals surface area contributed by atoms with Gasteiger partial charge in [0.25, 0.3) is 5.91 Å². The molecule has 0 aromatic carbocycles. The topological polar surface area (TPSA) is 49.3 Å². The number of likely N-dealkylation sites (N-methyl/N-ethyl adjacent to an activating group) is 1. The van der Waals surface area contributed by atoms with Gasteiger partial charge in [-0.3, -0.25) is 9.69 Å². The van der Waals surface area contributed by atoms with Gasteiger partial charge < -0.3 is 4.90 Å². The van der Waals surface area contributed by atoms with Crippen LogP contribution in [0.4, 0.5) is 0 Å². The number of hydrogen-bond acceptors (Lipinski definition) is 4. The van der Waals surface area contributed by atoms with Gasteiger partial charge in [-0.1, -0.05) is 6.92 Å². The van der Waals surface area contributed by atoms with E-state index in [9.17, 15) is 4.79 Å². The Morgan fingerprint density at radius 2 is 2.09 bits per heavy atom. The summed E-state index contributed by atoms with van der Waals surface area (Å²) in [4.78, 5) is 17.1. The molecule has 1 aliphatic heterocycles. The summed E-state index contributed by atoms with van der Waals surface area (Å²) in [5, 5.41) is 8.10. The molecular formula is C17H26N4O. The number of aromatic nitrogens is 2. The molecule has 1 aromatic heterocycles. The van der Waals surface area contributed by atoms with E-state index in [2.05, 4.69) is 35.9 Å². The first-order chi connectivity index (χ1) is 10.5. The first-order valence-corrected chi connectivity index (χ1v) is 8.31. The molecule has 2 atom stereocenters. The van der Waals surface area contributed by atoms with E-state index < -0.39 is 0 Å². The zero-order chi connectivity index (χ0) is 15.9. The average Bonchev–Trinajstić information content (AvgIpc) is 3.28. The zero-order valence-corrected chi connectivity index (χ0v) is 14.0. The standard InChI is InChI=1S/C17H26N4O/c1-11(2)21-9-12(3)16(10-21)20(4)17(22)15-7-14(8-18-19-15)13-5-6-13/h7-8,11-13,16H,5-6,9-10H2,1-4H3/t12-,16+/m0/s1. The normalized spacial score (nSPS) is 25.7. The second-order valence-electron chi connectivity index (χ2n) is 7.16. The molecule has 0 unspecified atom stereocenters. The molecule has 2 heterocycles. The molecule has 2 aliphatic rings. The fourth-order valence-electron chi connectivity index (χ4n) is 3.37. The quantitative estimate of drug-likeness (QED) is 0.855. The first-order valence-electron chi connectivity index (χ1n) is 8.31. The van der Waals surface area contributed by atoms with Gasteiger partial charge in [0.1, 0.15) is 0 Å². The molecule has 3 rings (SSSR count). The highest BCUT2D eigenvalue weighted by Gasteiger charge is 2.36. The molecule has 120 valence electrons. The second-order valence-corrected chi connectivity index (χ2v) is 7.16. The van der Waals surface area contributed by atoms with Gasteiger partial charge in [-0.2, -0.15) is 5.10 Å². The van der Waals surface area contributed by atoms with Crippen LogP contribution in [0.5, 0.6) is 0 Å².